The van der Waals surface area contributed by atoms with Gasteiger partial charge in [-0.1, -0.05) is 18.2 Å². The molecule has 0 saturated heterocycles. The summed E-state index contributed by atoms with van der Waals surface area (Å²) in [7, 11) is 0. The number of hydrogen-bond acceptors (Lipinski definition) is 3. The number of rotatable bonds is 5. The van der Waals surface area contributed by atoms with Gasteiger partial charge in [-0.15, -0.1) is 11.8 Å². The van der Waals surface area contributed by atoms with Crippen molar-refractivity contribution >= 4 is 23.8 Å². The molecule has 2 aromatic carbocycles. The summed E-state index contributed by atoms with van der Waals surface area (Å²) in [4.78, 5) is 11.5. The maximum atomic E-state index is 13.9. The normalized spacial score (nSPS) is 10.8. The summed E-state index contributed by atoms with van der Waals surface area (Å²) in [6.07, 6.45) is 3.99. The number of hydrogen-bond donors (Lipinski definition) is 1. The van der Waals surface area contributed by atoms with Crippen molar-refractivity contribution in [1.82, 2.24) is 0 Å². The number of para-hydroxylation sites is 1. The van der Waals surface area contributed by atoms with Crippen molar-refractivity contribution in [1.29, 1.82) is 0 Å². The van der Waals surface area contributed by atoms with E-state index in [1.54, 1.807) is 12.1 Å². The molecule has 0 radical (unpaired) electrons. The van der Waals surface area contributed by atoms with E-state index in [9.17, 15) is 9.18 Å². The van der Waals surface area contributed by atoms with Gasteiger partial charge in [0.1, 0.15) is 17.3 Å². The Hall–Kier alpha value is -2.27. The lowest BCUT2D eigenvalue weighted by Crippen LogP contribution is -1.93. The molecule has 0 spiro atoms. The highest BCUT2D eigenvalue weighted by atomic mass is 32.2. The molecule has 108 valence electrons. The van der Waals surface area contributed by atoms with Crippen LogP contribution in [0.2, 0.25) is 0 Å². The van der Waals surface area contributed by atoms with Crippen molar-refractivity contribution in [3.8, 4) is 11.5 Å². The smallest absolute Gasteiger partial charge is 0.328 e. The number of benzene rings is 2. The van der Waals surface area contributed by atoms with Crippen LogP contribution >= 0.6 is 11.8 Å². The fourth-order valence-electron chi connectivity index (χ4n) is 1.74. The van der Waals surface area contributed by atoms with Crippen LogP contribution in [0.15, 0.2) is 53.4 Å². The second-order valence-electron chi connectivity index (χ2n) is 4.08. The zero-order valence-corrected chi connectivity index (χ0v) is 12.1. The van der Waals surface area contributed by atoms with Crippen molar-refractivity contribution in [3.63, 3.8) is 0 Å². The Labute approximate surface area is 126 Å². The standard InChI is InChI=1S/C16H13FO3S/c1-21-15-8-3-2-6-14(15)20-13-7-4-5-12(17)11(13)9-10-16(18)19/h2-10H,1H3,(H,18,19)/b10-9+. The van der Waals surface area contributed by atoms with Crippen LogP contribution in [0, 0.1) is 5.82 Å². The Bertz CT molecular complexity index is 683. The van der Waals surface area contributed by atoms with E-state index >= 15 is 0 Å². The van der Waals surface area contributed by atoms with Crippen molar-refractivity contribution in [2.45, 2.75) is 4.90 Å². The molecule has 0 aromatic heterocycles. The third-order valence-electron chi connectivity index (χ3n) is 2.69. The lowest BCUT2D eigenvalue weighted by atomic mass is 10.1. The van der Waals surface area contributed by atoms with Crippen LogP contribution < -0.4 is 4.74 Å². The number of carboxylic acids is 1. The molecule has 0 unspecified atom stereocenters. The molecule has 3 nitrogen and oxygen atoms in total. The molecule has 2 rings (SSSR count). The first-order valence-corrected chi connectivity index (χ1v) is 7.34. The van der Waals surface area contributed by atoms with Crippen molar-refractivity contribution in [3.05, 3.63) is 59.9 Å². The third kappa shape index (κ3) is 3.86. The Morgan fingerprint density at radius 3 is 2.62 bits per heavy atom. The van der Waals surface area contributed by atoms with Crippen molar-refractivity contribution in [2.24, 2.45) is 0 Å². The summed E-state index contributed by atoms with van der Waals surface area (Å²) in [6, 6.07) is 11.8. The zero-order valence-electron chi connectivity index (χ0n) is 11.2. The Morgan fingerprint density at radius 1 is 1.19 bits per heavy atom. The second-order valence-corrected chi connectivity index (χ2v) is 4.92. The van der Waals surface area contributed by atoms with E-state index in [4.69, 9.17) is 9.84 Å². The molecule has 1 N–H and O–H groups in total. The van der Waals surface area contributed by atoms with Gasteiger partial charge in [-0.05, 0) is 36.6 Å². The third-order valence-corrected chi connectivity index (χ3v) is 3.47. The van der Waals surface area contributed by atoms with Gasteiger partial charge in [0.2, 0.25) is 0 Å². The summed E-state index contributed by atoms with van der Waals surface area (Å²) in [5, 5.41) is 8.68. The first-order valence-electron chi connectivity index (χ1n) is 6.12. The fraction of sp³-hybridized carbons (Fsp3) is 0.0625. The van der Waals surface area contributed by atoms with E-state index in [2.05, 4.69) is 0 Å². The molecule has 0 aliphatic heterocycles. The second kappa shape index (κ2) is 6.95. The topological polar surface area (TPSA) is 46.5 Å². The summed E-state index contributed by atoms with van der Waals surface area (Å²) in [5.74, 6) is -0.810. The molecule has 0 saturated carbocycles. The molecular weight excluding hydrogens is 291 g/mol. The monoisotopic (exact) mass is 304 g/mol. The van der Waals surface area contributed by atoms with Gasteiger partial charge in [0.25, 0.3) is 0 Å². The van der Waals surface area contributed by atoms with E-state index in [1.165, 1.54) is 30.0 Å². The highest BCUT2D eigenvalue weighted by Crippen LogP contribution is 2.34. The minimum atomic E-state index is -1.14. The van der Waals surface area contributed by atoms with Gasteiger partial charge in [0.15, 0.2) is 0 Å². The molecule has 0 fully saturated rings. The highest BCUT2D eigenvalue weighted by molar-refractivity contribution is 7.98. The minimum Gasteiger partial charge on any atom is -0.478 e. The Kier molecular flexibility index (Phi) is 5.00. The van der Waals surface area contributed by atoms with Crippen LogP contribution in [0.4, 0.5) is 4.39 Å². The lowest BCUT2D eigenvalue weighted by molar-refractivity contribution is -0.131. The quantitative estimate of drug-likeness (QED) is 0.655. The van der Waals surface area contributed by atoms with Crippen LogP contribution in [-0.2, 0) is 4.79 Å². The van der Waals surface area contributed by atoms with Crippen LogP contribution in [0.1, 0.15) is 5.56 Å². The minimum absolute atomic E-state index is 0.107. The number of carbonyl (C=O) groups is 1. The van der Waals surface area contributed by atoms with Gasteiger partial charge in [-0.25, -0.2) is 9.18 Å². The maximum Gasteiger partial charge on any atom is 0.328 e. The van der Waals surface area contributed by atoms with E-state index in [0.717, 1.165) is 11.0 Å². The van der Waals surface area contributed by atoms with Crippen LogP contribution in [0.3, 0.4) is 0 Å². The van der Waals surface area contributed by atoms with E-state index in [-0.39, 0.29) is 11.3 Å². The molecule has 0 bridgehead atoms. The molecule has 0 aliphatic carbocycles. The van der Waals surface area contributed by atoms with E-state index in [1.807, 2.05) is 24.5 Å². The number of carboxylic acid groups (broad SMARTS) is 1. The Balaban J connectivity index is 2.40. The molecule has 2 aromatic rings. The first-order chi connectivity index (χ1) is 10.1. The van der Waals surface area contributed by atoms with Crippen molar-refractivity contribution < 1.29 is 19.0 Å². The predicted octanol–water partition coefficient (Wildman–Crippen LogP) is 4.44. The van der Waals surface area contributed by atoms with Crippen LogP contribution in [0.5, 0.6) is 11.5 Å². The summed E-state index contributed by atoms with van der Waals surface area (Å²) >= 11 is 1.51. The van der Waals surface area contributed by atoms with Crippen LogP contribution in [-0.4, -0.2) is 17.3 Å². The molecule has 0 amide bonds. The molecule has 0 aliphatic rings. The average molecular weight is 304 g/mol. The van der Waals surface area contributed by atoms with Gasteiger partial charge >= 0.3 is 5.97 Å². The highest BCUT2D eigenvalue weighted by Gasteiger charge is 2.10. The Morgan fingerprint density at radius 2 is 1.90 bits per heavy atom. The molecule has 0 atom stereocenters. The summed E-state index contributed by atoms with van der Waals surface area (Å²) in [6.45, 7) is 0. The van der Waals surface area contributed by atoms with Gasteiger partial charge in [0, 0.05) is 11.0 Å². The predicted molar refractivity (Wildman–Crippen MR) is 81.4 cm³/mol. The van der Waals surface area contributed by atoms with Gasteiger partial charge in [-0.2, -0.15) is 0 Å². The maximum absolute atomic E-state index is 13.9. The van der Waals surface area contributed by atoms with Gasteiger partial charge < -0.3 is 9.84 Å². The average Bonchev–Trinajstić information content (AvgIpc) is 2.47. The molecule has 0 heterocycles. The summed E-state index contributed by atoms with van der Waals surface area (Å²) in [5.41, 5.74) is 0.107. The number of thioether (sulfide) groups is 1. The number of ether oxygens (including phenoxy) is 1. The number of aliphatic carboxylic acids is 1. The first kappa shape index (κ1) is 15.1. The SMILES string of the molecule is CSc1ccccc1Oc1cccc(F)c1/C=C/C(=O)O. The van der Waals surface area contributed by atoms with Gasteiger partial charge in [-0.3, -0.25) is 0 Å². The molecule has 21 heavy (non-hydrogen) atoms. The van der Waals surface area contributed by atoms with Crippen LogP contribution in [0.25, 0.3) is 6.08 Å². The largest absolute Gasteiger partial charge is 0.478 e. The summed E-state index contributed by atoms with van der Waals surface area (Å²) < 4.78 is 19.6. The molecular formula is C16H13FO3S. The van der Waals surface area contributed by atoms with Gasteiger partial charge in [0.05, 0.1) is 5.56 Å². The van der Waals surface area contributed by atoms with E-state index < -0.39 is 11.8 Å². The van der Waals surface area contributed by atoms with Crippen molar-refractivity contribution in [2.75, 3.05) is 6.26 Å². The molecule has 5 heteroatoms. The van der Waals surface area contributed by atoms with E-state index in [0.29, 0.717) is 5.75 Å². The fourth-order valence-corrected chi connectivity index (χ4v) is 2.27. The zero-order chi connectivity index (χ0) is 15.2. The lowest BCUT2D eigenvalue weighted by Gasteiger charge is -2.12. The number of halogens is 1.